The van der Waals surface area contributed by atoms with E-state index in [0.29, 0.717) is 22.4 Å². The van der Waals surface area contributed by atoms with Crippen molar-refractivity contribution in [3.63, 3.8) is 0 Å². The van der Waals surface area contributed by atoms with E-state index in [-0.39, 0.29) is 11.2 Å². The van der Waals surface area contributed by atoms with Gasteiger partial charge in [-0.2, -0.15) is 0 Å². The van der Waals surface area contributed by atoms with Gasteiger partial charge in [-0.25, -0.2) is 9.18 Å². The molecule has 2 aromatic carbocycles. The first kappa shape index (κ1) is 21.8. The number of benzene rings is 2. The molecule has 0 atom stereocenters. The molecule has 3 rings (SSSR count). The second kappa shape index (κ2) is 8.83. The summed E-state index contributed by atoms with van der Waals surface area (Å²) in [5, 5.41) is 0. The molecule has 2 nitrogen and oxygen atoms in total. The molecule has 0 bridgehead atoms. The third kappa shape index (κ3) is 4.62. The van der Waals surface area contributed by atoms with E-state index in [4.69, 9.17) is 4.74 Å². The maximum absolute atomic E-state index is 15.3. The Kier molecular flexibility index (Phi) is 6.40. The molecule has 2 aromatic rings. The van der Waals surface area contributed by atoms with Gasteiger partial charge >= 0.3 is 5.97 Å². The number of ether oxygens (including phenoxy) is 1. The molecule has 30 heavy (non-hydrogen) atoms. The highest BCUT2D eigenvalue weighted by Crippen LogP contribution is 2.46. The number of para-hydroxylation sites is 1. The summed E-state index contributed by atoms with van der Waals surface area (Å²) in [5.74, 6) is -0.309. The van der Waals surface area contributed by atoms with Gasteiger partial charge in [0, 0.05) is 5.56 Å². The van der Waals surface area contributed by atoms with Crippen molar-refractivity contribution < 1.29 is 13.9 Å². The molecule has 0 amide bonds. The van der Waals surface area contributed by atoms with E-state index in [9.17, 15) is 4.79 Å². The first-order chi connectivity index (χ1) is 14.2. The van der Waals surface area contributed by atoms with E-state index in [2.05, 4.69) is 27.4 Å². The van der Waals surface area contributed by atoms with Gasteiger partial charge in [0.2, 0.25) is 0 Å². The Morgan fingerprint density at radius 3 is 2.23 bits per heavy atom. The summed E-state index contributed by atoms with van der Waals surface area (Å²) in [7, 11) is 0. The van der Waals surface area contributed by atoms with E-state index in [1.165, 1.54) is 11.1 Å². The van der Waals surface area contributed by atoms with Crippen molar-refractivity contribution in [3.05, 3.63) is 94.6 Å². The van der Waals surface area contributed by atoms with Gasteiger partial charge < -0.3 is 4.74 Å². The molecule has 156 valence electrons. The van der Waals surface area contributed by atoms with Gasteiger partial charge in [0.15, 0.2) is 0 Å². The number of hydrogen-bond acceptors (Lipinski definition) is 2. The molecule has 0 saturated heterocycles. The van der Waals surface area contributed by atoms with Gasteiger partial charge in [-0.1, -0.05) is 56.3 Å². The third-order valence-corrected chi connectivity index (χ3v) is 5.87. The Hall–Kier alpha value is -2.94. The summed E-state index contributed by atoms with van der Waals surface area (Å²) in [6, 6.07) is 15.3. The molecule has 0 aliphatic heterocycles. The Bertz CT molecular complexity index is 1010. The van der Waals surface area contributed by atoms with E-state index >= 15 is 4.39 Å². The molecule has 0 unspecified atom stereocenters. The Morgan fingerprint density at radius 2 is 1.63 bits per heavy atom. The van der Waals surface area contributed by atoms with Gasteiger partial charge in [-0.3, -0.25) is 0 Å². The van der Waals surface area contributed by atoms with Crippen LogP contribution >= 0.6 is 0 Å². The molecule has 0 fully saturated rings. The minimum absolute atomic E-state index is 0.00793. The SMILES string of the molecule is C=C(C(C)=C(F)c1ccc(C(=O)Oc2ccccc2)cc1)C1=C(C)CCCC1(C)C. The lowest BCUT2D eigenvalue weighted by molar-refractivity contribution is 0.0734. The second-order valence-electron chi connectivity index (χ2n) is 8.59. The minimum Gasteiger partial charge on any atom is -0.423 e. The average molecular weight is 405 g/mol. The molecule has 3 heteroatoms. The predicted octanol–water partition coefficient (Wildman–Crippen LogP) is 7.69. The van der Waals surface area contributed by atoms with Crippen molar-refractivity contribution in [1.82, 2.24) is 0 Å². The molecule has 1 aliphatic carbocycles. The zero-order valence-corrected chi connectivity index (χ0v) is 18.2. The van der Waals surface area contributed by atoms with Crippen LogP contribution in [0.15, 0.2) is 83.5 Å². The Morgan fingerprint density at radius 1 is 1.03 bits per heavy atom. The topological polar surface area (TPSA) is 26.3 Å². The average Bonchev–Trinajstić information content (AvgIpc) is 2.72. The van der Waals surface area contributed by atoms with Gasteiger partial charge in [-0.15, -0.1) is 0 Å². The summed E-state index contributed by atoms with van der Waals surface area (Å²) in [6.45, 7) is 12.5. The maximum Gasteiger partial charge on any atom is 0.343 e. The zero-order valence-electron chi connectivity index (χ0n) is 18.2. The van der Waals surface area contributed by atoms with Gasteiger partial charge in [0.05, 0.1) is 5.56 Å². The fourth-order valence-corrected chi connectivity index (χ4v) is 4.23. The van der Waals surface area contributed by atoms with E-state index in [1.54, 1.807) is 55.5 Å². The fraction of sp³-hybridized carbons (Fsp3) is 0.296. The summed E-state index contributed by atoms with van der Waals surface area (Å²) in [6.07, 6.45) is 3.26. The number of hydrogen-bond donors (Lipinski definition) is 0. The van der Waals surface area contributed by atoms with Gasteiger partial charge in [-0.05, 0) is 79.5 Å². The van der Waals surface area contributed by atoms with Crippen molar-refractivity contribution >= 4 is 11.8 Å². The second-order valence-corrected chi connectivity index (χ2v) is 8.59. The van der Waals surface area contributed by atoms with Crippen LogP contribution in [0.25, 0.3) is 5.83 Å². The highest BCUT2D eigenvalue weighted by molar-refractivity contribution is 5.91. The fourth-order valence-electron chi connectivity index (χ4n) is 4.23. The monoisotopic (exact) mass is 404 g/mol. The molecule has 0 spiro atoms. The quantitative estimate of drug-likeness (QED) is 0.290. The van der Waals surface area contributed by atoms with E-state index < -0.39 is 5.97 Å². The van der Waals surface area contributed by atoms with Crippen LogP contribution in [0.1, 0.15) is 62.9 Å². The summed E-state index contributed by atoms with van der Waals surface area (Å²) in [5.41, 5.74) is 4.56. The standard InChI is InChI=1S/C27H29FO2/c1-18-10-9-17-27(4,5)24(18)19(2)20(3)25(28)21-13-15-22(16-14-21)26(29)30-23-11-7-6-8-12-23/h6-8,11-16H,2,9-10,17H2,1,3-5H3. The summed E-state index contributed by atoms with van der Waals surface area (Å²) in [4.78, 5) is 12.3. The first-order valence-electron chi connectivity index (χ1n) is 10.3. The van der Waals surface area contributed by atoms with Crippen LogP contribution in [0.5, 0.6) is 5.75 Å². The van der Waals surface area contributed by atoms with Crippen LogP contribution in [0.3, 0.4) is 0 Å². The van der Waals surface area contributed by atoms with Crippen LogP contribution in [0, 0.1) is 5.41 Å². The Balaban J connectivity index is 1.82. The van der Waals surface area contributed by atoms with Crippen LogP contribution in [0.4, 0.5) is 4.39 Å². The third-order valence-electron chi connectivity index (χ3n) is 5.87. The predicted molar refractivity (Wildman–Crippen MR) is 121 cm³/mol. The minimum atomic E-state index is -0.469. The van der Waals surface area contributed by atoms with Crippen molar-refractivity contribution in [2.24, 2.45) is 5.41 Å². The Labute approximate surface area is 178 Å². The molecular weight excluding hydrogens is 375 g/mol. The number of esters is 1. The molecular formula is C27H29FO2. The molecule has 0 N–H and O–H groups in total. The highest BCUT2D eigenvalue weighted by Gasteiger charge is 2.31. The van der Waals surface area contributed by atoms with Crippen molar-refractivity contribution in [2.45, 2.75) is 47.0 Å². The molecule has 0 heterocycles. The van der Waals surface area contributed by atoms with Gasteiger partial charge in [0.25, 0.3) is 0 Å². The number of carbonyl (C=O) groups excluding carboxylic acids is 1. The molecule has 0 aromatic heterocycles. The smallest absolute Gasteiger partial charge is 0.343 e. The highest BCUT2D eigenvalue weighted by atomic mass is 19.1. The molecule has 0 saturated carbocycles. The van der Waals surface area contributed by atoms with Crippen molar-refractivity contribution in [1.29, 1.82) is 0 Å². The zero-order chi connectivity index (χ0) is 21.9. The van der Waals surface area contributed by atoms with E-state index in [0.717, 1.165) is 24.8 Å². The van der Waals surface area contributed by atoms with Crippen LogP contribution in [-0.4, -0.2) is 5.97 Å². The van der Waals surface area contributed by atoms with Crippen LogP contribution in [0.2, 0.25) is 0 Å². The summed E-state index contributed by atoms with van der Waals surface area (Å²) >= 11 is 0. The lowest BCUT2D eigenvalue weighted by Crippen LogP contribution is -2.22. The maximum atomic E-state index is 15.3. The largest absolute Gasteiger partial charge is 0.423 e. The molecule has 1 aliphatic rings. The first-order valence-corrected chi connectivity index (χ1v) is 10.3. The number of carbonyl (C=O) groups is 1. The van der Waals surface area contributed by atoms with Crippen molar-refractivity contribution in [3.8, 4) is 5.75 Å². The van der Waals surface area contributed by atoms with Crippen LogP contribution < -0.4 is 4.74 Å². The van der Waals surface area contributed by atoms with Gasteiger partial charge in [0.1, 0.15) is 11.6 Å². The van der Waals surface area contributed by atoms with Crippen molar-refractivity contribution in [2.75, 3.05) is 0 Å². The normalized spacial score (nSPS) is 16.7. The lowest BCUT2D eigenvalue weighted by Gasteiger charge is -2.36. The number of allylic oxidation sites excluding steroid dienone is 4. The summed E-state index contributed by atoms with van der Waals surface area (Å²) < 4.78 is 20.6. The number of rotatable bonds is 5. The van der Waals surface area contributed by atoms with E-state index in [1.807, 2.05) is 6.07 Å². The molecule has 0 radical (unpaired) electrons. The lowest BCUT2D eigenvalue weighted by atomic mass is 9.69. The number of halogens is 1. The van der Waals surface area contributed by atoms with Crippen LogP contribution in [-0.2, 0) is 0 Å².